The smallest absolute Gasteiger partial charge is 0.128 e. The Morgan fingerprint density at radius 3 is 2.55 bits per heavy atom. The SMILES string of the molecule is CCC1(CC)CCN(CC(NC)c2ccccc2F)C1. The van der Waals surface area contributed by atoms with Crippen LogP contribution in [0.1, 0.15) is 44.7 Å². The number of nitrogens with zero attached hydrogens (tertiary/aromatic N) is 1. The predicted octanol–water partition coefficient (Wildman–Crippen LogP) is 3.60. The summed E-state index contributed by atoms with van der Waals surface area (Å²) in [5.74, 6) is -0.108. The van der Waals surface area contributed by atoms with Crippen LogP contribution >= 0.6 is 0 Å². The summed E-state index contributed by atoms with van der Waals surface area (Å²) in [4.78, 5) is 2.49. The third-order valence-corrected chi connectivity index (χ3v) is 5.09. The van der Waals surface area contributed by atoms with E-state index in [0.29, 0.717) is 5.41 Å². The molecule has 1 fully saturated rings. The number of hydrogen-bond donors (Lipinski definition) is 1. The molecule has 0 aromatic heterocycles. The standard InChI is InChI=1S/C17H27FN2/c1-4-17(5-2)10-11-20(13-17)12-16(19-3)14-8-6-7-9-15(14)18/h6-9,16,19H,4-5,10-13H2,1-3H3. The number of rotatable bonds is 6. The monoisotopic (exact) mass is 278 g/mol. The number of hydrogen-bond acceptors (Lipinski definition) is 2. The van der Waals surface area contributed by atoms with E-state index in [1.165, 1.54) is 19.3 Å². The van der Waals surface area contributed by atoms with Crippen molar-refractivity contribution in [1.82, 2.24) is 10.2 Å². The molecule has 1 aromatic rings. The van der Waals surface area contributed by atoms with E-state index < -0.39 is 0 Å². The molecule has 2 rings (SSSR count). The van der Waals surface area contributed by atoms with Crippen LogP contribution in [0.25, 0.3) is 0 Å². The van der Waals surface area contributed by atoms with Crippen LogP contribution in [0.3, 0.4) is 0 Å². The van der Waals surface area contributed by atoms with E-state index in [1.54, 1.807) is 12.1 Å². The average Bonchev–Trinajstić information content (AvgIpc) is 2.90. The van der Waals surface area contributed by atoms with Crippen molar-refractivity contribution in [2.75, 3.05) is 26.7 Å². The van der Waals surface area contributed by atoms with Gasteiger partial charge in [-0.25, -0.2) is 4.39 Å². The zero-order valence-electron chi connectivity index (χ0n) is 13.0. The summed E-state index contributed by atoms with van der Waals surface area (Å²) in [5.41, 5.74) is 1.26. The summed E-state index contributed by atoms with van der Waals surface area (Å²) in [7, 11) is 1.92. The predicted molar refractivity (Wildman–Crippen MR) is 82.3 cm³/mol. The van der Waals surface area contributed by atoms with Crippen molar-refractivity contribution in [3.05, 3.63) is 35.6 Å². The highest BCUT2D eigenvalue weighted by Gasteiger charge is 2.35. The van der Waals surface area contributed by atoms with Crippen LogP contribution in [0.15, 0.2) is 24.3 Å². The van der Waals surface area contributed by atoms with Crippen molar-refractivity contribution in [1.29, 1.82) is 0 Å². The Bertz CT molecular complexity index is 429. The van der Waals surface area contributed by atoms with E-state index in [4.69, 9.17) is 0 Å². The van der Waals surface area contributed by atoms with Gasteiger partial charge < -0.3 is 10.2 Å². The molecule has 112 valence electrons. The summed E-state index contributed by atoms with van der Waals surface area (Å²) in [6.45, 7) is 7.75. The third kappa shape index (κ3) is 3.21. The number of nitrogens with one attached hydrogen (secondary N) is 1. The second kappa shape index (κ2) is 6.68. The van der Waals surface area contributed by atoms with Crippen LogP contribution in [0.5, 0.6) is 0 Å². The van der Waals surface area contributed by atoms with Crippen LogP contribution in [0.4, 0.5) is 4.39 Å². The quantitative estimate of drug-likeness (QED) is 0.855. The average molecular weight is 278 g/mol. The molecule has 1 aliphatic rings. The Hall–Kier alpha value is -0.930. The molecule has 1 heterocycles. The van der Waals surface area contributed by atoms with Crippen molar-refractivity contribution >= 4 is 0 Å². The molecule has 1 saturated heterocycles. The Morgan fingerprint density at radius 2 is 2.00 bits per heavy atom. The van der Waals surface area contributed by atoms with Crippen molar-refractivity contribution in [2.24, 2.45) is 5.41 Å². The number of benzene rings is 1. The van der Waals surface area contributed by atoms with Gasteiger partial charge >= 0.3 is 0 Å². The lowest BCUT2D eigenvalue weighted by molar-refractivity contribution is 0.226. The lowest BCUT2D eigenvalue weighted by Gasteiger charge is -2.28. The minimum atomic E-state index is -0.108. The topological polar surface area (TPSA) is 15.3 Å². The van der Waals surface area contributed by atoms with Gasteiger partial charge in [0.15, 0.2) is 0 Å². The Kier molecular flexibility index (Phi) is 5.17. The maximum absolute atomic E-state index is 13.9. The van der Waals surface area contributed by atoms with Crippen molar-refractivity contribution in [3.63, 3.8) is 0 Å². The molecule has 2 nitrogen and oxygen atoms in total. The molecule has 1 unspecified atom stereocenters. The second-order valence-electron chi connectivity index (χ2n) is 6.05. The first kappa shape index (κ1) is 15.5. The fourth-order valence-corrected chi connectivity index (χ4v) is 3.37. The molecule has 20 heavy (non-hydrogen) atoms. The van der Waals surface area contributed by atoms with Crippen LogP contribution in [-0.2, 0) is 0 Å². The highest BCUT2D eigenvalue weighted by atomic mass is 19.1. The zero-order chi connectivity index (χ0) is 14.6. The van der Waals surface area contributed by atoms with E-state index in [1.807, 2.05) is 19.2 Å². The first-order valence-corrected chi connectivity index (χ1v) is 7.78. The summed E-state index contributed by atoms with van der Waals surface area (Å²) >= 11 is 0. The van der Waals surface area contributed by atoms with Gasteiger partial charge in [0.2, 0.25) is 0 Å². The number of halogens is 1. The molecule has 0 spiro atoms. The first-order chi connectivity index (χ1) is 9.64. The molecule has 3 heteroatoms. The lowest BCUT2D eigenvalue weighted by atomic mass is 9.82. The van der Waals surface area contributed by atoms with Crippen LogP contribution < -0.4 is 5.32 Å². The van der Waals surface area contributed by atoms with Crippen LogP contribution in [0, 0.1) is 11.2 Å². The van der Waals surface area contributed by atoms with Crippen molar-refractivity contribution < 1.29 is 4.39 Å². The molecule has 1 atom stereocenters. The summed E-state index contributed by atoms with van der Waals surface area (Å²) < 4.78 is 13.9. The minimum Gasteiger partial charge on any atom is -0.312 e. The van der Waals surface area contributed by atoms with Crippen LogP contribution in [-0.4, -0.2) is 31.6 Å². The molecule has 0 radical (unpaired) electrons. The van der Waals surface area contributed by atoms with E-state index in [2.05, 4.69) is 24.1 Å². The largest absolute Gasteiger partial charge is 0.312 e. The molecule has 0 amide bonds. The third-order valence-electron chi connectivity index (χ3n) is 5.09. The highest BCUT2D eigenvalue weighted by molar-refractivity contribution is 5.21. The van der Waals surface area contributed by atoms with Crippen LogP contribution in [0.2, 0.25) is 0 Å². The van der Waals surface area contributed by atoms with E-state index in [9.17, 15) is 4.39 Å². The first-order valence-electron chi connectivity index (χ1n) is 7.78. The van der Waals surface area contributed by atoms with E-state index >= 15 is 0 Å². The Morgan fingerprint density at radius 1 is 1.30 bits per heavy atom. The van der Waals surface area contributed by atoms with Gasteiger partial charge in [-0.05, 0) is 44.3 Å². The minimum absolute atomic E-state index is 0.0701. The van der Waals surface area contributed by atoms with Gasteiger partial charge in [-0.2, -0.15) is 0 Å². The Labute approximate surface area is 122 Å². The highest BCUT2D eigenvalue weighted by Crippen LogP contribution is 2.37. The van der Waals surface area contributed by atoms with Crippen molar-refractivity contribution in [2.45, 2.75) is 39.2 Å². The van der Waals surface area contributed by atoms with E-state index in [-0.39, 0.29) is 11.9 Å². The van der Waals surface area contributed by atoms with Gasteiger partial charge in [0.1, 0.15) is 5.82 Å². The molecular weight excluding hydrogens is 251 g/mol. The maximum atomic E-state index is 13.9. The molecular formula is C17H27FN2. The summed E-state index contributed by atoms with van der Waals surface area (Å²) in [6, 6.07) is 7.17. The molecule has 0 bridgehead atoms. The summed E-state index contributed by atoms with van der Waals surface area (Å²) in [6.07, 6.45) is 3.75. The molecule has 1 N–H and O–H groups in total. The molecule has 1 aromatic carbocycles. The maximum Gasteiger partial charge on any atom is 0.128 e. The molecule has 0 aliphatic carbocycles. The molecule has 1 aliphatic heterocycles. The van der Waals surface area contributed by atoms with E-state index in [0.717, 1.165) is 25.2 Å². The van der Waals surface area contributed by atoms with Gasteiger partial charge in [0.25, 0.3) is 0 Å². The van der Waals surface area contributed by atoms with Gasteiger partial charge in [-0.1, -0.05) is 32.0 Å². The second-order valence-corrected chi connectivity index (χ2v) is 6.05. The van der Waals surface area contributed by atoms with Crippen molar-refractivity contribution in [3.8, 4) is 0 Å². The normalized spacial score (nSPS) is 20.2. The fraction of sp³-hybridized carbons (Fsp3) is 0.647. The lowest BCUT2D eigenvalue weighted by Crippen LogP contribution is -2.34. The zero-order valence-corrected chi connectivity index (χ0v) is 13.0. The number of likely N-dealkylation sites (tertiary alicyclic amines) is 1. The van der Waals surface area contributed by atoms with Gasteiger partial charge in [-0.15, -0.1) is 0 Å². The van der Waals surface area contributed by atoms with Gasteiger partial charge in [-0.3, -0.25) is 0 Å². The summed E-state index contributed by atoms with van der Waals surface area (Å²) in [5, 5.41) is 3.27. The van der Waals surface area contributed by atoms with Gasteiger partial charge in [0.05, 0.1) is 0 Å². The van der Waals surface area contributed by atoms with Gasteiger partial charge in [0, 0.05) is 24.7 Å². The number of likely N-dealkylation sites (N-methyl/N-ethyl adjacent to an activating group) is 1. The fourth-order valence-electron chi connectivity index (χ4n) is 3.37. The molecule has 0 saturated carbocycles. The Balaban J connectivity index is 2.04.